The van der Waals surface area contributed by atoms with Crippen molar-refractivity contribution in [2.24, 2.45) is 0 Å². The molecule has 8 heteroatoms. The maximum atomic E-state index is 12.3. The van der Waals surface area contributed by atoms with Crippen LogP contribution in [-0.4, -0.2) is 47.0 Å². The Balaban J connectivity index is 1.37. The number of imidazole rings is 1. The van der Waals surface area contributed by atoms with Crippen molar-refractivity contribution < 1.29 is 24.1 Å². The molecule has 4 rings (SSSR count). The molecule has 0 spiro atoms. The van der Waals surface area contributed by atoms with Crippen LogP contribution in [0.25, 0.3) is 16.6 Å². The minimum atomic E-state index is -0.626. The van der Waals surface area contributed by atoms with E-state index in [9.17, 15) is 15.2 Å². The normalized spacial score (nSPS) is 16.5. The van der Waals surface area contributed by atoms with Gasteiger partial charge in [-0.15, -0.1) is 0 Å². The Morgan fingerprint density at radius 3 is 2.77 bits per heavy atom. The number of H-pyrrole nitrogens is 1. The summed E-state index contributed by atoms with van der Waals surface area (Å²) in [5.41, 5.74) is 1.62. The van der Waals surface area contributed by atoms with Crippen LogP contribution in [0, 0.1) is 11.3 Å². The second kappa shape index (κ2) is 9.32. The van der Waals surface area contributed by atoms with E-state index in [1.54, 1.807) is 30.3 Å². The van der Waals surface area contributed by atoms with Crippen LogP contribution in [0.4, 0.5) is 0 Å². The molecule has 8 nitrogen and oxygen atoms in total. The number of carbonyl (C=O) groups excluding carboxylic acids is 1. The molecule has 1 saturated heterocycles. The highest BCUT2D eigenvalue weighted by Gasteiger charge is 2.17. The third-order valence-corrected chi connectivity index (χ3v) is 4.92. The maximum absolute atomic E-state index is 12.3. The number of aliphatic hydroxyl groups is 1. The highest BCUT2D eigenvalue weighted by atomic mass is 16.5. The monoisotopic (exact) mass is 419 g/mol. The minimum absolute atomic E-state index is 0.0816. The minimum Gasteiger partial charge on any atom is -0.507 e. The average Bonchev–Trinajstić information content (AvgIpc) is 3.46. The molecule has 1 fully saturated rings. The van der Waals surface area contributed by atoms with Gasteiger partial charge in [0.2, 0.25) is 0 Å². The summed E-state index contributed by atoms with van der Waals surface area (Å²) < 4.78 is 16.3. The fraction of sp³-hybridized carbons (Fsp3) is 0.261. The number of benzene rings is 2. The van der Waals surface area contributed by atoms with Crippen LogP contribution in [0.2, 0.25) is 0 Å². The number of carbonyl (C=O) groups is 1. The first-order valence-corrected chi connectivity index (χ1v) is 9.93. The molecule has 0 bridgehead atoms. The number of aliphatic hydroxyl groups excluding tert-OH is 1. The highest BCUT2D eigenvalue weighted by Crippen LogP contribution is 2.20. The Kier molecular flexibility index (Phi) is 6.15. The maximum Gasteiger partial charge on any atom is 0.338 e. The van der Waals surface area contributed by atoms with E-state index in [2.05, 4.69) is 9.97 Å². The van der Waals surface area contributed by atoms with Gasteiger partial charge in [-0.05, 0) is 49.2 Å². The number of hydrogen-bond donors (Lipinski definition) is 2. The summed E-state index contributed by atoms with van der Waals surface area (Å²) in [4.78, 5) is 19.5. The average molecular weight is 419 g/mol. The fourth-order valence-electron chi connectivity index (χ4n) is 3.27. The van der Waals surface area contributed by atoms with Crippen molar-refractivity contribution in [3.05, 3.63) is 65.7 Å². The highest BCUT2D eigenvalue weighted by molar-refractivity contribution is 5.90. The van der Waals surface area contributed by atoms with Gasteiger partial charge in [0.25, 0.3) is 0 Å². The molecule has 0 radical (unpaired) electrons. The van der Waals surface area contributed by atoms with E-state index in [0.717, 1.165) is 25.0 Å². The summed E-state index contributed by atoms with van der Waals surface area (Å²) in [6.45, 7) is 0.793. The molecule has 0 amide bonds. The van der Waals surface area contributed by atoms with Crippen molar-refractivity contribution >= 4 is 22.6 Å². The van der Waals surface area contributed by atoms with Crippen LogP contribution in [0.5, 0.6) is 5.75 Å². The molecule has 2 aromatic carbocycles. The number of para-hydroxylation sites is 2. The summed E-state index contributed by atoms with van der Waals surface area (Å²) in [5, 5.41) is 19.7. The van der Waals surface area contributed by atoms with E-state index >= 15 is 0 Å². The molecule has 2 N–H and O–H groups in total. The third kappa shape index (κ3) is 4.85. The molecule has 0 saturated carbocycles. The number of aromatic nitrogens is 2. The third-order valence-electron chi connectivity index (χ3n) is 4.92. The van der Waals surface area contributed by atoms with E-state index in [1.807, 2.05) is 24.3 Å². The first-order valence-electron chi connectivity index (χ1n) is 9.93. The first kappa shape index (κ1) is 20.4. The zero-order chi connectivity index (χ0) is 21.6. The van der Waals surface area contributed by atoms with E-state index in [-0.39, 0.29) is 23.3 Å². The number of nitriles is 1. The molecule has 1 atom stereocenters. The summed E-state index contributed by atoms with van der Waals surface area (Å²) in [6.07, 6.45) is 2.14. The lowest BCUT2D eigenvalue weighted by atomic mass is 10.2. The Morgan fingerprint density at radius 2 is 2.06 bits per heavy atom. The van der Waals surface area contributed by atoms with Gasteiger partial charge in [0.05, 0.1) is 22.7 Å². The molecular formula is C23H21N3O5. The lowest BCUT2D eigenvalue weighted by Gasteiger charge is -2.11. The van der Waals surface area contributed by atoms with E-state index in [1.165, 1.54) is 0 Å². The first-order chi connectivity index (χ1) is 15.1. The van der Waals surface area contributed by atoms with Gasteiger partial charge in [-0.25, -0.2) is 9.78 Å². The molecule has 1 aromatic heterocycles. The largest absolute Gasteiger partial charge is 0.507 e. The van der Waals surface area contributed by atoms with Crippen LogP contribution in [-0.2, 0) is 9.47 Å². The Morgan fingerprint density at radius 1 is 1.26 bits per heavy atom. The lowest BCUT2D eigenvalue weighted by molar-refractivity contribution is 0.0502. The van der Waals surface area contributed by atoms with E-state index in [4.69, 9.17) is 14.2 Å². The molecule has 0 aliphatic carbocycles. The number of hydrogen-bond acceptors (Lipinski definition) is 7. The Hall–Kier alpha value is -3.83. The van der Waals surface area contributed by atoms with Crippen molar-refractivity contribution in [2.45, 2.75) is 18.9 Å². The van der Waals surface area contributed by atoms with Gasteiger partial charge >= 0.3 is 5.97 Å². The smallest absolute Gasteiger partial charge is 0.338 e. The van der Waals surface area contributed by atoms with Gasteiger partial charge in [-0.2, -0.15) is 5.26 Å². The molecule has 1 aliphatic heterocycles. The topological polar surface area (TPSA) is 117 Å². The standard InChI is InChI=1S/C23H21N3O5/c24-12-18(22-25-19-5-1-2-6-20(19)26-22)21(27)14-31-23(28)15-7-9-16(10-8-15)30-13-17-4-3-11-29-17/h1-2,5-10,17,27H,3-4,11,13-14H2,(H,25,26). The second-order valence-electron chi connectivity index (χ2n) is 7.08. The van der Waals surface area contributed by atoms with Gasteiger partial charge in [0.15, 0.2) is 11.6 Å². The van der Waals surface area contributed by atoms with Crippen molar-refractivity contribution in [1.29, 1.82) is 5.26 Å². The fourth-order valence-corrected chi connectivity index (χ4v) is 3.27. The predicted molar refractivity (Wildman–Crippen MR) is 112 cm³/mol. The lowest BCUT2D eigenvalue weighted by Crippen LogP contribution is -2.16. The number of nitrogens with zero attached hydrogens (tertiary/aromatic N) is 2. The Bertz CT molecular complexity index is 1100. The number of esters is 1. The quantitative estimate of drug-likeness (QED) is 0.340. The van der Waals surface area contributed by atoms with Gasteiger partial charge in [0.1, 0.15) is 30.6 Å². The van der Waals surface area contributed by atoms with Crippen LogP contribution in [0.1, 0.15) is 29.0 Å². The molecular weight excluding hydrogens is 398 g/mol. The number of nitrogens with one attached hydrogen (secondary N) is 1. The zero-order valence-electron chi connectivity index (χ0n) is 16.7. The number of rotatable bonds is 7. The summed E-state index contributed by atoms with van der Waals surface area (Å²) in [5.74, 6) is -0.165. The summed E-state index contributed by atoms with van der Waals surface area (Å²) in [6, 6.07) is 15.7. The molecule has 3 aromatic rings. The van der Waals surface area contributed by atoms with Crippen LogP contribution >= 0.6 is 0 Å². The van der Waals surface area contributed by atoms with Crippen LogP contribution in [0.15, 0.2) is 54.3 Å². The SMILES string of the molecule is N#CC(=C(O)COC(=O)c1ccc(OCC2CCCO2)cc1)c1nc2ccccc2[nH]1. The van der Waals surface area contributed by atoms with Gasteiger partial charge in [0, 0.05) is 6.61 Å². The van der Waals surface area contributed by atoms with E-state index < -0.39 is 12.6 Å². The van der Waals surface area contributed by atoms with Gasteiger partial charge in [-0.1, -0.05) is 12.1 Å². The molecule has 158 valence electrons. The Labute approximate surface area is 178 Å². The molecule has 31 heavy (non-hydrogen) atoms. The van der Waals surface area contributed by atoms with Crippen molar-refractivity contribution in [1.82, 2.24) is 9.97 Å². The van der Waals surface area contributed by atoms with Crippen molar-refractivity contribution in [3.63, 3.8) is 0 Å². The van der Waals surface area contributed by atoms with Gasteiger partial charge in [-0.3, -0.25) is 0 Å². The number of ether oxygens (including phenoxy) is 3. The van der Waals surface area contributed by atoms with Gasteiger partial charge < -0.3 is 24.3 Å². The molecule has 1 unspecified atom stereocenters. The van der Waals surface area contributed by atoms with Crippen LogP contribution < -0.4 is 4.74 Å². The van der Waals surface area contributed by atoms with E-state index in [0.29, 0.717) is 23.4 Å². The molecule has 2 heterocycles. The zero-order valence-corrected chi connectivity index (χ0v) is 16.7. The number of fused-ring (bicyclic) bond motifs is 1. The number of allylic oxidation sites excluding steroid dienone is 1. The number of aromatic amines is 1. The van der Waals surface area contributed by atoms with Crippen molar-refractivity contribution in [3.8, 4) is 11.8 Å². The summed E-state index contributed by atoms with van der Waals surface area (Å²) in [7, 11) is 0. The molecule has 1 aliphatic rings. The predicted octanol–water partition coefficient (Wildman–Crippen LogP) is 3.77. The van der Waals surface area contributed by atoms with Crippen molar-refractivity contribution in [2.75, 3.05) is 19.8 Å². The van der Waals surface area contributed by atoms with Crippen LogP contribution in [0.3, 0.4) is 0 Å². The summed E-state index contributed by atoms with van der Waals surface area (Å²) >= 11 is 0. The second-order valence-corrected chi connectivity index (χ2v) is 7.08.